The van der Waals surface area contributed by atoms with Crippen LogP contribution in [0.5, 0.6) is 0 Å². The van der Waals surface area contributed by atoms with Gasteiger partial charge >= 0.3 is 12.1 Å². The maximum absolute atomic E-state index is 12.4. The van der Waals surface area contributed by atoms with Gasteiger partial charge in [0, 0.05) is 25.2 Å². The fraction of sp³-hybridized carbons (Fsp3) is 0.476. The first-order valence-corrected chi connectivity index (χ1v) is 9.70. The molecule has 0 fully saturated rings. The normalized spacial score (nSPS) is 15.3. The zero-order valence-electron chi connectivity index (χ0n) is 17.6. The average molecular weight is 443 g/mol. The molecule has 0 aliphatic carbocycles. The average Bonchev–Trinajstić information content (AvgIpc) is 3.09. The second-order valence-electron chi connectivity index (χ2n) is 7.65. The molecule has 4 N–H and O–H groups in total. The Labute approximate surface area is 179 Å². The predicted octanol–water partition coefficient (Wildman–Crippen LogP) is 2.60. The number of nitrogens with zero attached hydrogens (tertiary/aromatic N) is 1. The van der Waals surface area contributed by atoms with E-state index in [1.165, 1.54) is 11.1 Å². The molecule has 1 aromatic rings. The predicted molar refractivity (Wildman–Crippen MR) is 109 cm³/mol. The van der Waals surface area contributed by atoms with Gasteiger partial charge in [-0.3, -0.25) is 14.9 Å². The van der Waals surface area contributed by atoms with Gasteiger partial charge in [0.05, 0.1) is 6.04 Å². The van der Waals surface area contributed by atoms with Crippen LogP contribution in [0.3, 0.4) is 0 Å². The lowest BCUT2D eigenvalue weighted by atomic mass is 10.0. The monoisotopic (exact) mass is 443 g/mol. The minimum absolute atomic E-state index is 0.00603. The van der Waals surface area contributed by atoms with Crippen molar-refractivity contribution in [1.29, 1.82) is 0 Å². The minimum atomic E-state index is -5.08. The largest absolute Gasteiger partial charge is 0.490 e. The number of carboxylic acids is 1. The first-order valence-electron chi connectivity index (χ1n) is 9.70. The Bertz CT molecular complexity index is 784. The van der Waals surface area contributed by atoms with Gasteiger partial charge in [-0.25, -0.2) is 4.79 Å². The molecule has 0 unspecified atom stereocenters. The quantitative estimate of drug-likeness (QED) is 0.561. The van der Waals surface area contributed by atoms with Gasteiger partial charge in [0.1, 0.15) is 0 Å². The summed E-state index contributed by atoms with van der Waals surface area (Å²) in [5, 5.41) is 10.3. The lowest BCUT2D eigenvalue weighted by Crippen LogP contribution is -2.44. The molecule has 1 aliphatic rings. The number of hydrogen-bond donors (Lipinski definition) is 3. The van der Waals surface area contributed by atoms with E-state index < -0.39 is 24.1 Å². The van der Waals surface area contributed by atoms with Crippen LogP contribution in [0.1, 0.15) is 38.3 Å². The van der Waals surface area contributed by atoms with E-state index in [-0.39, 0.29) is 11.9 Å². The molecule has 0 saturated heterocycles. The summed E-state index contributed by atoms with van der Waals surface area (Å²) in [7, 11) is 0. The fourth-order valence-corrected chi connectivity index (χ4v) is 2.91. The molecular weight excluding hydrogens is 415 g/mol. The number of nitrogens with one attached hydrogen (secondary N) is 1. The Morgan fingerprint density at radius 1 is 1.16 bits per heavy atom. The molecule has 1 aromatic carbocycles. The summed E-state index contributed by atoms with van der Waals surface area (Å²) in [6.07, 6.45) is -0.786. The van der Waals surface area contributed by atoms with Crippen molar-refractivity contribution >= 4 is 17.8 Å². The highest BCUT2D eigenvalue weighted by Crippen LogP contribution is 2.22. The van der Waals surface area contributed by atoms with Gasteiger partial charge < -0.3 is 15.7 Å². The lowest BCUT2D eigenvalue weighted by molar-refractivity contribution is -0.192. The van der Waals surface area contributed by atoms with E-state index in [0.29, 0.717) is 19.0 Å². The summed E-state index contributed by atoms with van der Waals surface area (Å²) in [6.45, 7) is 7.26. The van der Waals surface area contributed by atoms with E-state index in [2.05, 4.69) is 31.3 Å². The molecule has 0 saturated carbocycles. The Kier molecular flexibility index (Phi) is 9.70. The first kappa shape index (κ1) is 26.2. The molecule has 1 aliphatic heterocycles. The molecular formula is C21H28F3N3O4. The molecule has 0 spiro atoms. The van der Waals surface area contributed by atoms with Crippen LogP contribution in [0.25, 0.3) is 0 Å². The van der Waals surface area contributed by atoms with Gasteiger partial charge in [-0.15, -0.1) is 0 Å². The molecule has 0 aromatic heterocycles. The zero-order chi connectivity index (χ0) is 23.8. The molecule has 2 rings (SSSR count). The van der Waals surface area contributed by atoms with Crippen molar-refractivity contribution in [3.8, 4) is 0 Å². The van der Waals surface area contributed by atoms with E-state index in [9.17, 15) is 22.8 Å². The van der Waals surface area contributed by atoms with Crippen LogP contribution in [0.15, 0.2) is 36.4 Å². The van der Waals surface area contributed by atoms with Crippen molar-refractivity contribution < 1.29 is 32.7 Å². The number of nitrogens with two attached hydrogens (primary N) is 1. The summed E-state index contributed by atoms with van der Waals surface area (Å²) >= 11 is 0. The van der Waals surface area contributed by atoms with E-state index in [1.54, 1.807) is 13.0 Å². The number of benzene rings is 1. The second kappa shape index (κ2) is 11.5. The van der Waals surface area contributed by atoms with Crippen molar-refractivity contribution in [2.24, 2.45) is 11.7 Å². The van der Waals surface area contributed by atoms with Gasteiger partial charge in [-0.1, -0.05) is 44.2 Å². The Balaban J connectivity index is 0.000000592. The molecule has 7 nitrogen and oxygen atoms in total. The summed E-state index contributed by atoms with van der Waals surface area (Å²) < 4.78 is 31.7. The molecule has 0 radical (unpaired) electrons. The van der Waals surface area contributed by atoms with E-state index in [4.69, 9.17) is 15.6 Å². The number of amides is 2. The third-order valence-corrected chi connectivity index (χ3v) is 4.48. The van der Waals surface area contributed by atoms with Crippen LogP contribution < -0.4 is 11.1 Å². The smallest absolute Gasteiger partial charge is 0.475 e. The molecule has 0 bridgehead atoms. The fourth-order valence-electron chi connectivity index (χ4n) is 2.91. The van der Waals surface area contributed by atoms with Gasteiger partial charge in [0.25, 0.3) is 0 Å². The Hall–Kier alpha value is -2.88. The molecule has 2 amide bonds. The number of carboxylic acid groups (broad SMARTS) is 1. The first-order chi connectivity index (χ1) is 14.3. The van der Waals surface area contributed by atoms with Crippen molar-refractivity contribution in [3.63, 3.8) is 0 Å². The summed E-state index contributed by atoms with van der Waals surface area (Å²) in [5.74, 6) is -2.71. The highest BCUT2D eigenvalue weighted by molar-refractivity contribution is 5.88. The molecule has 10 heteroatoms. The number of halogens is 3. The van der Waals surface area contributed by atoms with E-state index >= 15 is 0 Å². The highest BCUT2D eigenvalue weighted by atomic mass is 19.4. The molecule has 2 atom stereocenters. The van der Waals surface area contributed by atoms with Gasteiger partial charge in [-0.2, -0.15) is 13.2 Å². The zero-order valence-corrected chi connectivity index (χ0v) is 17.6. The summed E-state index contributed by atoms with van der Waals surface area (Å²) in [4.78, 5) is 34.4. The Morgan fingerprint density at radius 2 is 1.65 bits per heavy atom. The number of carbonyl (C=O) groups is 3. The molecule has 172 valence electrons. The highest BCUT2D eigenvalue weighted by Gasteiger charge is 2.38. The number of hydrogen-bond acceptors (Lipinski definition) is 4. The van der Waals surface area contributed by atoms with Crippen LogP contribution in [0.4, 0.5) is 13.2 Å². The van der Waals surface area contributed by atoms with Gasteiger partial charge in [-0.05, 0) is 30.4 Å². The van der Waals surface area contributed by atoms with Crippen LogP contribution in [0, 0.1) is 5.92 Å². The standard InChI is InChI=1S/C19H27N3O2.C2HF3O2/c1-13(2)10-17(21-14(3)19(20)24)8-9-18(23)22-11-15-6-4-5-7-16(15)12-22;3-2(4,5)1(6)7/h4-9,13-14,17,21H,10-12H2,1-3H3,(H2,20,24);(H,6,7)/b9-8+;/t14-,17+;/m0./s1. The third kappa shape index (κ3) is 9.20. The van der Waals surface area contributed by atoms with Crippen molar-refractivity contribution in [3.05, 3.63) is 47.5 Å². The van der Waals surface area contributed by atoms with Crippen molar-refractivity contribution in [1.82, 2.24) is 10.2 Å². The number of aliphatic carboxylic acids is 1. The topological polar surface area (TPSA) is 113 Å². The second-order valence-corrected chi connectivity index (χ2v) is 7.65. The van der Waals surface area contributed by atoms with Crippen molar-refractivity contribution in [2.45, 2.75) is 58.5 Å². The number of fused-ring (bicyclic) bond motifs is 1. The molecule has 1 heterocycles. The minimum Gasteiger partial charge on any atom is -0.475 e. The van der Waals surface area contributed by atoms with Crippen LogP contribution >= 0.6 is 0 Å². The number of alkyl halides is 3. The lowest BCUT2D eigenvalue weighted by Gasteiger charge is -2.21. The summed E-state index contributed by atoms with van der Waals surface area (Å²) in [6, 6.07) is 7.63. The summed E-state index contributed by atoms with van der Waals surface area (Å²) in [5.41, 5.74) is 7.73. The number of carbonyl (C=O) groups excluding carboxylic acids is 2. The van der Waals surface area contributed by atoms with Crippen LogP contribution in [-0.2, 0) is 27.5 Å². The number of rotatable bonds is 7. The maximum atomic E-state index is 12.4. The van der Waals surface area contributed by atoms with E-state index in [0.717, 1.165) is 6.42 Å². The van der Waals surface area contributed by atoms with Gasteiger partial charge in [0.2, 0.25) is 11.8 Å². The van der Waals surface area contributed by atoms with Crippen LogP contribution in [-0.4, -0.2) is 46.1 Å². The van der Waals surface area contributed by atoms with Crippen molar-refractivity contribution in [2.75, 3.05) is 0 Å². The van der Waals surface area contributed by atoms with E-state index in [1.807, 2.05) is 23.1 Å². The SMILES string of the molecule is CC(C)C[C@@H](/C=C/C(=O)N1Cc2ccccc2C1)N[C@@H](C)C(N)=O.O=C(O)C(F)(F)F. The number of primary amides is 1. The molecule has 31 heavy (non-hydrogen) atoms. The van der Waals surface area contributed by atoms with Gasteiger partial charge in [0.15, 0.2) is 0 Å². The third-order valence-electron chi connectivity index (χ3n) is 4.48. The Morgan fingerprint density at radius 3 is 2.03 bits per heavy atom. The maximum Gasteiger partial charge on any atom is 0.490 e. The van der Waals surface area contributed by atoms with Crippen LogP contribution in [0.2, 0.25) is 0 Å².